The van der Waals surface area contributed by atoms with Crippen molar-refractivity contribution in [1.82, 2.24) is 9.88 Å². The average molecular weight is 346 g/mol. The number of nitrogens with one attached hydrogen (secondary N) is 1. The zero-order chi connectivity index (χ0) is 17.9. The van der Waals surface area contributed by atoms with Crippen molar-refractivity contribution >= 4 is 18.5 Å². The molecule has 2 aromatic carbocycles. The highest BCUT2D eigenvalue weighted by molar-refractivity contribution is 6.61. The van der Waals surface area contributed by atoms with E-state index >= 15 is 0 Å². The SMILES string of the molecule is O=C(NCCc1ccccc1)c1cccn1-c1ccc2c(c1)B(O)OC2. The summed E-state index contributed by atoms with van der Waals surface area (Å²) in [5.74, 6) is -0.122. The number of carbonyl (C=O) groups is 1. The molecule has 1 aliphatic heterocycles. The maximum absolute atomic E-state index is 12.6. The van der Waals surface area contributed by atoms with Crippen LogP contribution in [0.3, 0.4) is 0 Å². The third-order valence-electron chi connectivity index (χ3n) is 4.59. The van der Waals surface area contributed by atoms with Crippen LogP contribution in [0.15, 0.2) is 66.9 Å². The first-order valence-electron chi connectivity index (χ1n) is 8.65. The van der Waals surface area contributed by atoms with Crippen LogP contribution in [0.4, 0.5) is 0 Å². The molecule has 0 aliphatic carbocycles. The van der Waals surface area contributed by atoms with E-state index in [1.54, 1.807) is 6.07 Å². The minimum atomic E-state index is -0.899. The van der Waals surface area contributed by atoms with E-state index < -0.39 is 7.12 Å². The van der Waals surface area contributed by atoms with Gasteiger partial charge in [0.1, 0.15) is 5.69 Å². The standard InChI is InChI=1S/C20H19BN2O3/c24-20(22-11-10-15-5-2-1-3-6-15)19-7-4-12-23(19)17-9-8-16-14-26-21(25)18(16)13-17/h1-9,12-13,25H,10-11,14H2,(H,22,24). The number of benzene rings is 2. The third kappa shape index (κ3) is 3.29. The van der Waals surface area contributed by atoms with Gasteiger partial charge in [-0.1, -0.05) is 36.4 Å². The van der Waals surface area contributed by atoms with Gasteiger partial charge in [0.25, 0.3) is 5.91 Å². The predicted molar refractivity (Wildman–Crippen MR) is 101 cm³/mol. The predicted octanol–water partition coefficient (Wildman–Crippen LogP) is 1.67. The number of aromatic nitrogens is 1. The zero-order valence-electron chi connectivity index (χ0n) is 14.3. The molecular formula is C20H19BN2O3. The Labute approximate surface area is 152 Å². The summed E-state index contributed by atoms with van der Waals surface area (Å²) in [7, 11) is -0.899. The Morgan fingerprint density at radius 3 is 2.85 bits per heavy atom. The first kappa shape index (κ1) is 16.6. The van der Waals surface area contributed by atoms with Gasteiger partial charge in [-0.2, -0.15) is 0 Å². The number of fused-ring (bicyclic) bond motifs is 1. The van der Waals surface area contributed by atoms with Crippen LogP contribution < -0.4 is 10.8 Å². The minimum Gasteiger partial charge on any atom is -0.423 e. The van der Waals surface area contributed by atoms with Gasteiger partial charge in [-0.05, 0) is 47.3 Å². The van der Waals surface area contributed by atoms with Gasteiger partial charge in [0.2, 0.25) is 0 Å². The second-order valence-electron chi connectivity index (χ2n) is 6.30. The van der Waals surface area contributed by atoms with Crippen LogP contribution in [0.25, 0.3) is 5.69 Å². The fraction of sp³-hybridized carbons (Fsp3) is 0.150. The highest BCUT2D eigenvalue weighted by Gasteiger charge is 2.27. The molecule has 3 aromatic rings. The molecule has 0 atom stereocenters. The molecule has 1 amide bonds. The lowest BCUT2D eigenvalue weighted by Gasteiger charge is -2.11. The summed E-state index contributed by atoms with van der Waals surface area (Å²) < 4.78 is 7.06. The second kappa shape index (κ2) is 7.19. The molecule has 6 heteroatoms. The average Bonchev–Trinajstić information content (AvgIpc) is 3.30. The van der Waals surface area contributed by atoms with Crippen molar-refractivity contribution in [3.63, 3.8) is 0 Å². The van der Waals surface area contributed by atoms with Crippen LogP contribution in [0.1, 0.15) is 21.6 Å². The van der Waals surface area contributed by atoms with E-state index in [0.717, 1.165) is 23.1 Å². The number of hydrogen-bond donors (Lipinski definition) is 2. The molecule has 0 saturated heterocycles. The fourth-order valence-electron chi connectivity index (χ4n) is 3.20. The maximum Gasteiger partial charge on any atom is 0.491 e. The summed E-state index contributed by atoms with van der Waals surface area (Å²) in [5, 5.41) is 12.9. The number of amides is 1. The van der Waals surface area contributed by atoms with E-state index in [1.807, 2.05) is 65.4 Å². The van der Waals surface area contributed by atoms with Crippen LogP contribution in [0.2, 0.25) is 0 Å². The number of rotatable bonds is 5. The van der Waals surface area contributed by atoms with Gasteiger partial charge in [0.15, 0.2) is 0 Å². The second-order valence-corrected chi connectivity index (χ2v) is 6.30. The highest BCUT2D eigenvalue weighted by Crippen LogP contribution is 2.17. The minimum absolute atomic E-state index is 0.122. The number of carbonyl (C=O) groups excluding carboxylic acids is 1. The molecule has 0 bridgehead atoms. The van der Waals surface area contributed by atoms with Crippen molar-refractivity contribution < 1.29 is 14.5 Å². The van der Waals surface area contributed by atoms with Gasteiger partial charge < -0.3 is 19.6 Å². The van der Waals surface area contributed by atoms with Crippen LogP contribution in [0.5, 0.6) is 0 Å². The number of nitrogens with zero attached hydrogens (tertiary/aromatic N) is 1. The molecule has 0 radical (unpaired) electrons. The third-order valence-corrected chi connectivity index (χ3v) is 4.59. The molecule has 26 heavy (non-hydrogen) atoms. The lowest BCUT2D eigenvalue weighted by molar-refractivity contribution is 0.0947. The summed E-state index contributed by atoms with van der Waals surface area (Å²) in [6, 6.07) is 19.4. The fourth-order valence-corrected chi connectivity index (χ4v) is 3.20. The van der Waals surface area contributed by atoms with Gasteiger partial charge in [-0.15, -0.1) is 0 Å². The molecule has 130 valence electrons. The topological polar surface area (TPSA) is 63.5 Å². The Morgan fingerprint density at radius 1 is 1.15 bits per heavy atom. The molecule has 5 nitrogen and oxygen atoms in total. The molecule has 1 aliphatic rings. The van der Waals surface area contributed by atoms with E-state index in [1.165, 1.54) is 5.56 Å². The summed E-state index contributed by atoms with van der Waals surface area (Å²) >= 11 is 0. The largest absolute Gasteiger partial charge is 0.491 e. The van der Waals surface area contributed by atoms with Crippen molar-refractivity contribution in [3.05, 3.63) is 83.7 Å². The normalized spacial score (nSPS) is 12.9. The lowest BCUT2D eigenvalue weighted by atomic mass is 9.79. The Bertz CT molecular complexity index is 924. The molecule has 1 aromatic heterocycles. The Kier molecular flexibility index (Phi) is 4.60. The molecule has 0 unspecified atom stereocenters. The van der Waals surface area contributed by atoms with Gasteiger partial charge in [-0.3, -0.25) is 4.79 Å². The molecule has 2 heterocycles. The highest BCUT2D eigenvalue weighted by atomic mass is 16.5. The molecule has 2 N–H and O–H groups in total. The Hall–Kier alpha value is -2.83. The van der Waals surface area contributed by atoms with Crippen LogP contribution in [-0.4, -0.2) is 29.2 Å². The Balaban J connectivity index is 1.48. The molecule has 0 fully saturated rings. The van der Waals surface area contributed by atoms with Crippen molar-refractivity contribution in [1.29, 1.82) is 0 Å². The monoisotopic (exact) mass is 346 g/mol. The van der Waals surface area contributed by atoms with E-state index in [-0.39, 0.29) is 5.91 Å². The molecular weight excluding hydrogens is 327 g/mol. The van der Waals surface area contributed by atoms with Gasteiger partial charge in [0, 0.05) is 18.4 Å². The van der Waals surface area contributed by atoms with E-state index in [0.29, 0.717) is 18.8 Å². The van der Waals surface area contributed by atoms with Crippen LogP contribution in [0, 0.1) is 0 Å². The van der Waals surface area contributed by atoms with Crippen molar-refractivity contribution in [2.24, 2.45) is 0 Å². The molecule has 0 spiro atoms. The summed E-state index contributed by atoms with van der Waals surface area (Å²) in [5.41, 5.74) is 4.31. The van der Waals surface area contributed by atoms with Crippen LogP contribution >= 0.6 is 0 Å². The Morgan fingerprint density at radius 2 is 2.00 bits per heavy atom. The lowest BCUT2D eigenvalue weighted by Crippen LogP contribution is -2.29. The van der Waals surface area contributed by atoms with Crippen molar-refractivity contribution in [2.45, 2.75) is 13.0 Å². The van der Waals surface area contributed by atoms with Crippen LogP contribution in [-0.2, 0) is 17.7 Å². The zero-order valence-corrected chi connectivity index (χ0v) is 14.3. The van der Waals surface area contributed by atoms with E-state index in [9.17, 15) is 9.82 Å². The quantitative estimate of drug-likeness (QED) is 0.691. The van der Waals surface area contributed by atoms with Gasteiger partial charge >= 0.3 is 7.12 Å². The van der Waals surface area contributed by atoms with Crippen molar-refractivity contribution in [2.75, 3.05) is 6.54 Å². The first-order valence-corrected chi connectivity index (χ1v) is 8.65. The van der Waals surface area contributed by atoms with Gasteiger partial charge in [0.05, 0.1) is 6.61 Å². The maximum atomic E-state index is 12.6. The van der Waals surface area contributed by atoms with Crippen molar-refractivity contribution in [3.8, 4) is 5.69 Å². The summed E-state index contributed by atoms with van der Waals surface area (Å²) in [4.78, 5) is 12.6. The first-order chi connectivity index (χ1) is 12.7. The summed E-state index contributed by atoms with van der Waals surface area (Å²) in [6.45, 7) is 0.986. The van der Waals surface area contributed by atoms with E-state index in [4.69, 9.17) is 4.65 Å². The van der Waals surface area contributed by atoms with Gasteiger partial charge in [-0.25, -0.2) is 0 Å². The summed E-state index contributed by atoms with van der Waals surface area (Å²) in [6.07, 6.45) is 2.63. The smallest absolute Gasteiger partial charge is 0.423 e. The molecule has 0 saturated carbocycles. The van der Waals surface area contributed by atoms with E-state index in [2.05, 4.69) is 5.32 Å². The number of hydrogen-bond acceptors (Lipinski definition) is 3. The molecule has 4 rings (SSSR count).